The first-order valence-corrected chi connectivity index (χ1v) is 13.2. The summed E-state index contributed by atoms with van der Waals surface area (Å²) < 4.78 is 4.97. The first-order valence-electron chi connectivity index (χ1n) is 12.8. The molecule has 0 radical (unpaired) electrons. The molecule has 1 aromatic carbocycles. The van der Waals surface area contributed by atoms with Gasteiger partial charge >= 0.3 is 0 Å². The molecule has 2 aromatic rings. The van der Waals surface area contributed by atoms with E-state index >= 15 is 0 Å². The van der Waals surface area contributed by atoms with Crippen molar-refractivity contribution in [1.82, 2.24) is 15.4 Å². The Morgan fingerprint density at radius 2 is 1.92 bits per heavy atom. The molecule has 200 valence electrons. The number of rotatable bonds is 10. The van der Waals surface area contributed by atoms with Crippen LogP contribution in [0.25, 0.3) is 0 Å². The maximum absolute atomic E-state index is 13.6. The molecule has 1 atom stereocenters. The van der Waals surface area contributed by atoms with E-state index in [1.54, 1.807) is 42.2 Å². The molecule has 1 aromatic heterocycles. The Labute approximate surface area is 223 Å². The highest BCUT2D eigenvalue weighted by molar-refractivity contribution is 6.31. The van der Waals surface area contributed by atoms with Gasteiger partial charge in [-0.2, -0.15) is 0 Å². The molecule has 9 heteroatoms. The molecular formula is C28H37ClN4O4. The Morgan fingerprint density at radius 3 is 2.54 bits per heavy atom. The topological polar surface area (TPSA) is 105 Å². The van der Waals surface area contributed by atoms with Crippen LogP contribution in [0.2, 0.25) is 5.02 Å². The first kappa shape index (κ1) is 28.4. The van der Waals surface area contributed by atoms with Gasteiger partial charge in [0.25, 0.3) is 0 Å². The minimum atomic E-state index is -0.925. The number of carbonyl (C=O) groups excluding carboxylic acids is 3. The lowest BCUT2D eigenvalue weighted by Crippen LogP contribution is -2.49. The molecule has 0 fully saturated rings. The number of benzene rings is 1. The maximum atomic E-state index is 13.6. The van der Waals surface area contributed by atoms with Crippen LogP contribution in [0.3, 0.4) is 0 Å². The lowest BCUT2D eigenvalue weighted by atomic mass is 9.96. The SMILES string of the molecule is Cc1cc(NC(=O)CCC(=O)N(CCC2=CCCCC2)C(C(=O)NC(C)(C)C)c2ccccc2Cl)no1. The van der Waals surface area contributed by atoms with Crippen LogP contribution in [-0.4, -0.2) is 39.9 Å². The molecule has 1 aliphatic rings. The molecule has 0 spiro atoms. The van der Waals surface area contributed by atoms with E-state index in [4.69, 9.17) is 16.1 Å². The Hall–Kier alpha value is -3.13. The van der Waals surface area contributed by atoms with Crippen LogP contribution in [0.15, 0.2) is 46.5 Å². The first-order chi connectivity index (χ1) is 17.5. The third-order valence-corrected chi connectivity index (χ3v) is 6.44. The maximum Gasteiger partial charge on any atom is 0.247 e. The van der Waals surface area contributed by atoms with Crippen molar-refractivity contribution in [3.05, 3.63) is 58.3 Å². The van der Waals surface area contributed by atoms with Crippen LogP contribution < -0.4 is 10.6 Å². The number of allylic oxidation sites excluding steroid dienone is 1. The highest BCUT2D eigenvalue weighted by Gasteiger charge is 2.34. The van der Waals surface area contributed by atoms with Crippen LogP contribution in [0.4, 0.5) is 5.82 Å². The van der Waals surface area contributed by atoms with Gasteiger partial charge in [0.15, 0.2) is 5.82 Å². The molecule has 1 aliphatic carbocycles. The zero-order valence-corrected chi connectivity index (χ0v) is 22.9. The van der Waals surface area contributed by atoms with Crippen LogP contribution in [0, 0.1) is 6.92 Å². The number of aryl methyl sites for hydroxylation is 1. The molecule has 0 saturated carbocycles. The molecule has 0 saturated heterocycles. The normalized spacial score (nSPS) is 14.5. The van der Waals surface area contributed by atoms with E-state index in [0.717, 1.165) is 19.3 Å². The van der Waals surface area contributed by atoms with E-state index in [-0.39, 0.29) is 30.6 Å². The number of hydrogen-bond acceptors (Lipinski definition) is 5. The summed E-state index contributed by atoms with van der Waals surface area (Å²) in [5.74, 6) is -0.0902. The number of carbonyl (C=O) groups is 3. The molecule has 3 amide bonds. The second kappa shape index (κ2) is 12.9. The summed E-state index contributed by atoms with van der Waals surface area (Å²) in [6.45, 7) is 7.75. The van der Waals surface area contributed by atoms with Gasteiger partial charge in [-0.3, -0.25) is 14.4 Å². The fourth-order valence-electron chi connectivity index (χ4n) is 4.37. The zero-order chi connectivity index (χ0) is 27.0. The number of nitrogens with zero attached hydrogens (tertiary/aromatic N) is 2. The van der Waals surface area contributed by atoms with Crippen molar-refractivity contribution in [3.8, 4) is 0 Å². The molecule has 3 rings (SSSR count). The molecule has 1 unspecified atom stereocenters. The zero-order valence-electron chi connectivity index (χ0n) is 22.1. The van der Waals surface area contributed by atoms with Gasteiger partial charge in [-0.25, -0.2) is 0 Å². The minimum Gasteiger partial charge on any atom is -0.360 e. The van der Waals surface area contributed by atoms with Gasteiger partial charge in [0.2, 0.25) is 17.7 Å². The van der Waals surface area contributed by atoms with Crippen molar-refractivity contribution in [2.75, 3.05) is 11.9 Å². The summed E-state index contributed by atoms with van der Waals surface area (Å²) in [6, 6.07) is 7.76. The summed E-state index contributed by atoms with van der Waals surface area (Å²) >= 11 is 6.54. The largest absolute Gasteiger partial charge is 0.360 e. The summed E-state index contributed by atoms with van der Waals surface area (Å²) in [5, 5.41) is 9.82. The van der Waals surface area contributed by atoms with Crippen LogP contribution in [-0.2, 0) is 14.4 Å². The van der Waals surface area contributed by atoms with E-state index in [1.165, 1.54) is 12.0 Å². The lowest BCUT2D eigenvalue weighted by molar-refractivity contribution is -0.142. The summed E-state index contributed by atoms with van der Waals surface area (Å²) in [5.41, 5.74) is 1.34. The van der Waals surface area contributed by atoms with Gasteiger partial charge in [0, 0.05) is 41.6 Å². The molecule has 2 N–H and O–H groups in total. The Bertz CT molecular complexity index is 1140. The highest BCUT2D eigenvalue weighted by Crippen LogP contribution is 2.31. The smallest absolute Gasteiger partial charge is 0.247 e. The van der Waals surface area contributed by atoms with Crippen molar-refractivity contribution in [2.24, 2.45) is 0 Å². The van der Waals surface area contributed by atoms with Gasteiger partial charge in [0.1, 0.15) is 11.8 Å². The lowest BCUT2D eigenvalue weighted by Gasteiger charge is -2.34. The van der Waals surface area contributed by atoms with Crippen molar-refractivity contribution in [3.63, 3.8) is 0 Å². The number of amides is 3. The quantitative estimate of drug-likeness (QED) is 0.383. The Morgan fingerprint density at radius 1 is 1.16 bits per heavy atom. The predicted octanol–water partition coefficient (Wildman–Crippen LogP) is 5.73. The van der Waals surface area contributed by atoms with E-state index in [0.29, 0.717) is 35.1 Å². The molecule has 0 bridgehead atoms. The van der Waals surface area contributed by atoms with Gasteiger partial charge in [-0.15, -0.1) is 0 Å². The second-order valence-corrected chi connectivity index (χ2v) is 10.9. The fraction of sp³-hybridized carbons (Fsp3) is 0.500. The van der Waals surface area contributed by atoms with Gasteiger partial charge < -0.3 is 20.1 Å². The number of nitrogens with one attached hydrogen (secondary N) is 2. The average Bonchev–Trinajstić information content (AvgIpc) is 3.24. The van der Waals surface area contributed by atoms with Crippen LogP contribution >= 0.6 is 11.6 Å². The molecule has 37 heavy (non-hydrogen) atoms. The van der Waals surface area contributed by atoms with Gasteiger partial charge in [0.05, 0.1) is 0 Å². The third-order valence-electron chi connectivity index (χ3n) is 6.10. The van der Waals surface area contributed by atoms with E-state index in [1.807, 2.05) is 20.8 Å². The number of anilines is 1. The van der Waals surface area contributed by atoms with E-state index < -0.39 is 11.6 Å². The van der Waals surface area contributed by atoms with Crippen molar-refractivity contribution < 1.29 is 18.9 Å². The Kier molecular flexibility index (Phi) is 9.92. The fourth-order valence-corrected chi connectivity index (χ4v) is 4.61. The van der Waals surface area contributed by atoms with E-state index in [9.17, 15) is 14.4 Å². The van der Waals surface area contributed by atoms with Crippen molar-refractivity contribution in [1.29, 1.82) is 0 Å². The molecule has 8 nitrogen and oxygen atoms in total. The number of aromatic nitrogens is 1. The Balaban J connectivity index is 1.85. The standard InChI is InChI=1S/C28H37ClN4O4/c1-19-18-23(32-37-19)30-24(34)14-15-25(35)33(17-16-20-10-6-5-7-11-20)26(27(36)31-28(2,3)4)21-12-8-9-13-22(21)29/h8-10,12-13,18,26H,5-7,11,14-17H2,1-4H3,(H,31,36)(H,30,32,34). The van der Waals surface area contributed by atoms with Crippen LogP contribution in [0.5, 0.6) is 0 Å². The van der Waals surface area contributed by atoms with Crippen molar-refractivity contribution in [2.45, 2.75) is 84.2 Å². The number of halogens is 1. The van der Waals surface area contributed by atoms with Crippen LogP contribution in [0.1, 0.15) is 83.1 Å². The van der Waals surface area contributed by atoms with E-state index in [2.05, 4.69) is 21.9 Å². The van der Waals surface area contributed by atoms with Gasteiger partial charge in [-0.1, -0.05) is 46.6 Å². The number of hydrogen-bond donors (Lipinski definition) is 2. The highest BCUT2D eigenvalue weighted by atomic mass is 35.5. The molecular weight excluding hydrogens is 492 g/mol. The third kappa shape index (κ3) is 8.74. The summed E-state index contributed by atoms with van der Waals surface area (Å²) in [7, 11) is 0. The second-order valence-electron chi connectivity index (χ2n) is 10.5. The van der Waals surface area contributed by atoms with Crippen molar-refractivity contribution >= 4 is 35.1 Å². The molecule has 0 aliphatic heterocycles. The monoisotopic (exact) mass is 528 g/mol. The van der Waals surface area contributed by atoms with Gasteiger partial charge in [-0.05, 0) is 65.9 Å². The summed E-state index contributed by atoms with van der Waals surface area (Å²) in [6.07, 6.45) is 7.10. The molecule has 1 heterocycles. The average molecular weight is 529 g/mol. The predicted molar refractivity (Wildman–Crippen MR) is 144 cm³/mol. The minimum absolute atomic E-state index is 0.0555. The summed E-state index contributed by atoms with van der Waals surface area (Å²) in [4.78, 5) is 41.3.